The third-order valence-electron chi connectivity index (χ3n) is 3.91. The second-order valence-electron chi connectivity index (χ2n) is 5.61. The highest BCUT2D eigenvalue weighted by atomic mass is 19.1. The number of amides is 1. The van der Waals surface area contributed by atoms with Crippen molar-refractivity contribution in [3.05, 3.63) is 77.7 Å². The number of H-pyrrole nitrogens is 1. The van der Waals surface area contributed by atoms with Crippen LogP contribution in [0.2, 0.25) is 0 Å². The minimum Gasteiger partial charge on any atom is -0.388 e. The Morgan fingerprint density at radius 1 is 1.16 bits per heavy atom. The van der Waals surface area contributed by atoms with E-state index in [0.29, 0.717) is 12.1 Å². The van der Waals surface area contributed by atoms with Crippen LogP contribution in [0.5, 0.6) is 0 Å². The number of hydrogen-bond acceptors (Lipinski definition) is 3. The minimum atomic E-state index is -0.656. The quantitative estimate of drug-likeness (QED) is 0.646. The molecule has 6 heteroatoms. The number of aromatic nitrogens is 2. The summed E-state index contributed by atoms with van der Waals surface area (Å²) in [5.41, 5.74) is 1.68. The summed E-state index contributed by atoms with van der Waals surface area (Å²) in [5.74, 6) is -0.799. The Morgan fingerprint density at radius 3 is 2.64 bits per heavy atom. The standard InChI is InChI=1S/C19H18FN3O2/c20-16-9-5-4-8-14(16)18-15(12-22-23-18)19(25)21-11-10-17(24)13-6-2-1-3-7-13/h1-9,12,17,24H,10-11H2,(H,21,25)(H,22,23)/t17-/m1/s1. The highest BCUT2D eigenvalue weighted by Gasteiger charge is 2.17. The van der Waals surface area contributed by atoms with E-state index >= 15 is 0 Å². The van der Waals surface area contributed by atoms with E-state index in [1.807, 2.05) is 30.3 Å². The van der Waals surface area contributed by atoms with Crippen LogP contribution in [-0.2, 0) is 0 Å². The van der Waals surface area contributed by atoms with Gasteiger partial charge >= 0.3 is 0 Å². The zero-order valence-electron chi connectivity index (χ0n) is 13.4. The molecule has 0 saturated carbocycles. The lowest BCUT2D eigenvalue weighted by Gasteiger charge is -2.11. The molecule has 0 spiro atoms. The zero-order chi connectivity index (χ0) is 17.6. The Morgan fingerprint density at radius 2 is 1.88 bits per heavy atom. The molecule has 0 aliphatic rings. The van der Waals surface area contributed by atoms with Gasteiger partial charge in [-0.2, -0.15) is 5.10 Å². The number of rotatable bonds is 6. The maximum Gasteiger partial charge on any atom is 0.255 e. The number of halogens is 1. The van der Waals surface area contributed by atoms with Gasteiger partial charge in [-0.3, -0.25) is 9.89 Å². The van der Waals surface area contributed by atoms with Gasteiger partial charge < -0.3 is 10.4 Å². The van der Waals surface area contributed by atoms with Gasteiger partial charge in [0.2, 0.25) is 0 Å². The molecule has 1 amide bonds. The van der Waals surface area contributed by atoms with Crippen molar-refractivity contribution in [2.75, 3.05) is 6.54 Å². The molecule has 1 aromatic heterocycles. The average molecular weight is 339 g/mol. The zero-order valence-corrected chi connectivity index (χ0v) is 13.4. The summed E-state index contributed by atoms with van der Waals surface area (Å²) in [4.78, 5) is 12.4. The topological polar surface area (TPSA) is 78.0 Å². The monoisotopic (exact) mass is 339 g/mol. The van der Waals surface area contributed by atoms with E-state index < -0.39 is 11.9 Å². The molecule has 3 rings (SSSR count). The molecule has 0 saturated heterocycles. The minimum absolute atomic E-state index is 0.263. The van der Waals surface area contributed by atoms with Crippen LogP contribution in [0.4, 0.5) is 4.39 Å². The summed E-state index contributed by atoms with van der Waals surface area (Å²) in [6.45, 7) is 0.288. The van der Waals surface area contributed by atoms with E-state index in [0.717, 1.165) is 5.56 Å². The molecule has 1 atom stereocenters. The molecule has 0 aliphatic carbocycles. The van der Waals surface area contributed by atoms with Gasteiger partial charge in [-0.05, 0) is 24.1 Å². The number of carbonyl (C=O) groups excluding carboxylic acids is 1. The summed E-state index contributed by atoms with van der Waals surface area (Å²) >= 11 is 0. The summed E-state index contributed by atoms with van der Waals surface area (Å²) < 4.78 is 13.9. The molecular formula is C19H18FN3O2. The molecule has 0 unspecified atom stereocenters. The lowest BCUT2D eigenvalue weighted by atomic mass is 10.1. The summed E-state index contributed by atoms with van der Waals surface area (Å²) in [6.07, 6.45) is 1.09. The Balaban J connectivity index is 1.63. The number of aliphatic hydroxyl groups excluding tert-OH is 1. The maximum absolute atomic E-state index is 13.9. The predicted molar refractivity (Wildman–Crippen MR) is 92.3 cm³/mol. The van der Waals surface area contributed by atoms with E-state index in [-0.39, 0.29) is 23.6 Å². The molecule has 3 aromatic rings. The van der Waals surface area contributed by atoms with E-state index in [1.54, 1.807) is 18.2 Å². The fraction of sp³-hybridized carbons (Fsp3) is 0.158. The number of hydrogen-bond donors (Lipinski definition) is 3. The van der Waals surface area contributed by atoms with E-state index in [1.165, 1.54) is 12.3 Å². The normalized spacial score (nSPS) is 11.9. The van der Waals surface area contributed by atoms with Crippen molar-refractivity contribution in [3.63, 3.8) is 0 Å². The first-order valence-corrected chi connectivity index (χ1v) is 7.96. The van der Waals surface area contributed by atoms with Gasteiger partial charge in [-0.1, -0.05) is 42.5 Å². The fourth-order valence-electron chi connectivity index (χ4n) is 2.59. The Labute approximate surface area is 144 Å². The Bertz CT molecular complexity index is 849. The second kappa shape index (κ2) is 7.72. The van der Waals surface area contributed by atoms with Gasteiger partial charge in [-0.25, -0.2) is 4.39 Å². The first kappa shape index (κ1) is 16.9. The van der Waals surface area contributed by atoms with Crippen molar-refractivity contribution in [1.82, 2.24) is 15.5 Å². The molecule has 5 nitrogen and oxygen atoms in total. The number of aromatic amines is 1. The molecule has 1 heterocycles. The van der Waals surface area contributed by atoms with Crippen molar-refractivity contribution in [2.24, 2.45) is 0 Å². The molecule has 128 valence electrons. The smallest absolute Gasteiger partial charge is 0.255 e. The number of nitrogens with zero attached hydrogens (tertiary/aromatic N) is 1. The molecule has 2 aromatic carbocycles. The lowest BCUT2D eigenvalue weighted by Crippen LogP contribution is -2.25. The third kappa shape index (κ3) is 3.92. The van der Waals surface area contributed by atoms with Gasteiger partial charge in [0, 0.05) is 12.1 Å². The van der Waals surface area contributed by atoms with Crippen LogP contribution >= 0.6 is 0 Å². The maximum atomic E-state index is 13.9. The van der Waals surface area contributed by atoms with Crippen LogP contribution in [0.25, 0.3) is 11.3 Å². The largest absolute Gasteiger partial charge is 0.388 e. The number of benzene rings is 2. The first-order chi connectivity index (χ1) is 12.2. The molecule has 0 bridgehead atoms. The highest BCUT2D eigenvalue weighted by Crippen LogP contribution is 2.24. The molecule has 0 radical (unpaired) electrons. The molecule has 25 heavy (non-hydrogen) atoms. The lowest BCUT2D eigenvalue weighted by molar-refractivity contribution is 0.0943. The van der Waals surface area contributed by atoms with E-state index in [2.05, 4.69) is 15.5 Å². The van der Waals surface area contributed by atoms with Crippen LogP contribution in [0, 0.1) is 5.82 Å². The van der Waals surface area contributed by atoms with Gasteiger partial charge in [-0.15, -0.1) is 0 Å². The molecular weight excluding hydrogens is 321 g/mol. The number of aliphatic hydroxyl groups is 1. The summed E-state index contributed by atoms with van der Waals surface area (Å²) in [7, 11) is 0. The van der Waals surface area contributed by atoms with E-state index in [4.69, 9.17) is 0 Å². The summed E-state index contributed by atoms with van der Waals surface area (Å²) in [5, 5.41) is 19.4. The van der Waals surface area contributed by atoms with Gasteiger partial charge in [0.25, 0.3) is 5.91 Å². The predicted octanol–water partition coefficient (Wildman–Crippen LogP) is 3.07. The second-order valence-corrected chi connectivity index (χ2v) is 5.61. The first-order valence-electron chi connectivity index (χ1n) is 7.96. The van der Waals surface area contributed by atoms with Crippen molar-refractivity contribution in [1.29, 1.82) is 0 Å². The van der Waals surface area contributed by atoms with Gasteiger partial charge in [0.15, 0.2) is 0 Å². The molecule has 0 fully saturated rings. The molecule has 0 aliphatic heterocycles. The molecule has 3 N–H and O–H groups in total. The third-order valence-corrected chi connectivity index (χ3v) is 3.91. The van der Waals surface area contributed by atoms with Crippen molar-refractivity contribution in [3.8, 4) is 11.3 Å². The highest BCUT2D eigenvalue weighted by molar-refractivity contribution is 5.99. The van der Waals surface area contributed by atoms with Crippen LogP contribution < -0.4 is 5.32 Å². The van der Waals surface area contributed by atoms with Crippen molar-refractivity contribution < 1.29 is 14.3 Å². The summed E-state index contributed by atoms with van der Waals surface area (Å²) in [6, 6.07) is 15.4. The Kier molecular flexibility index (Phi) is 5.20. The van der Waals surface area contributed by atoms with E-state index in [9.17, 15) is 14.3 Å². The van der Waals surface area contributed by atoms with Crippen LogP contribution in [0.3, 0.4) is 0 Å². The SMILES string of the molecule is O=C(NCC[C@@H](O)c1ccccc1)c1cn[nH]c1-c1ccccc1F. The average Bonchev–Trinajstić information content (AvgIpc) is 3.12. The van der Waals surface area contributed by atoms with Crippen LogP contribution in [0.1, 0.15) is 28.4 Å². The van der Waals surface area contributed by atoms with Gasteiger partial charge in [0.05, 0.1) is 23.6 Å². The van der Waals surface area contributed by atoms with Crippen molar-refractivity contribution >= 4 is 5.91 Å². The van der Waals surface area contributed by atoms with Crippen LogP contribution in [-0.4, -0.2) is 27.8 Å². The fourth-order valence-corrected chi connectivity index (χ4v) is 2.59. The van der Waals surface area contributed by atoms with Crippen LogP contribution in [0.15, 0.2) is 60.8 Å². The Hall–Kier alpha value is -2.99. The number of nitrogens with one attached hydrogen (secondary N) is 2. The van der Waals surface area contributed by atoms with Gasteiger partial charge in [0.1, 0.15) is 5.82 Å². The van der Waals surface area contributed by atoms with Crippen molar-refractivity contribution in [2.45, 2.75) is 12.5 Å². The number of carbonyl (C=O) groups is 1.